The van der Waals surface area contributed by atoms with Crippen LogP contribution in [0.25, 0.3) is 21.5 Å². The molecule has 0 radical (unpaired) electrons. The molecule has 37 heavy (non-hydrogen) atoms. The van der Waals surface area contributed by atoms with Crippen molar-refractivity contribution in [2.45, 2.75) is 66.6 Å². The fraction of sp³-hybridized carbons (Fsp3) is 0.467. The summed E-state index contributed by atoms with van der Waals surface area (Å²) in [6, 6.07) is 13.9. The Balaban J connectivity index is 2.00. The van der Waals surface area contributed by atoms with Crippen molar-refractivity contribution in [3.05, 3.63) is 46.9 Å². The fourth-order valence-corrected chi connectivity index (χ4v) is 4.17. The average molecular weight is 574 g/mol. The molecule has 0 aliphatic heterocycles. The molecule has 2 unspecified atom stereocenters. The SMILES string of the molecule is CCC(COc1c2ccccc2c(OCC(CC)OC(=O)C(C)C)c2cc(Br)ccc12)OC(=O)C(C)C. The lowest BCUT2D eigenvalue weighted by Crippen LogP contribution is -2.27. The molecule has 0 amide bonds. The predicted molar refractivity (Wildman–Crippen MR) is 150 cm³/mol. The molecule has 0 aromatic heterocycles. The Kier molecular flexibility index (Phi) is 10.2. The number of ether oxygens (including phenoxy) is 4. The summed E-state index contributed by atoms with van der Waals surface area (Å²) < 4.78 is 24.9. The number of carbonyl (C=O) groups excluding carboxylic acids is 2. The molecule has 3 aromatic rings. The van der Waals surface area contributed by atoms with E-state index in [4.69, 9.17) is 18.9 Å². The van der Waals surface area contributed by atoms with E-state index in [0.717, 1.165) is 26.0 Å². The molecule has 6 nitrogen and oxygen atoms in total. The van der Waals surface area contributed by atoms with Gasteiger partial charge in [-0.2, -0.15) is 0 Å². The molecular formula is C30H37BrO6. The van der Waals surface area contributed by atoms with E-state index in [2.05, 4.69) is 15.9 Å². The van der Waals surface area contributed by atoms with Gasteiger partial charge in [-0.25, -0.2) is 0 Å². The van der Waals surface area contributed by atoms with Gasteiger partial charge >= 0.3 is 11.9 Å². The molecule has 0 heterocycles. The number of fused-ring (bicyclic) bond motifs is 2. The van der Waals surface area contributed by atoms with Crippen molar-refractivity contribution in [3.63, 3.8) is 0 Å². The minimum Gasteiger partial charge on any atom is -0.488 e. The van der Waals surface area contributed by atoms with Crippen LogP contribution in [0.3, 0.4) is 0 Å². The van der Waals surface area contributed by atoms with Crippen LogP contribution in [-0.2, 0) is 19.1 Å². The third-order valence-electron chi connectivity index (χ3n) is 6.13. The van der Waals surface area contributed by atoms with E-state index in [1.807, 2.05) is 84.0 Å². The number of hydrogen-bond donors (Lipinski definition) is 0. The zero-order chi connectivity index (χ0) is 27.1. The minimum absolute atomic E-state index is 0.198. The average Bonchev–Trinajstić information content (AvgIpc) is 2.88. The van der Waals surface area contributed by atoms with E-state index < -0.39 is 0 Å². The van der Waals surface area contributed by atoms with E-state index in [1.54, 1.807) is 0 Å². The number of esters is 2. The number of rotatable bonds is 12. The normalized spacial score (nSPS) is 13.1. The molecule has 7 heteroatoms. The second kappa shape index (κ2) is 13.1. The molecule has 0 aliphatic carbocycles. The van der Waals surface area contributed by atoms with Crippen LogP contribution in [0.5, 0.6) is 11.5 Å². The maximum absolute atomic E-state index is 12.2. The van der Waals surface area contributed by atoms with Crippen LogP contribution in [0.15, 0.2) is 46.9 Å². The van der Waals surface area contributed by atoms with Crippen LogP contribution < -0.4 is 9.47 Å². The number of halogens is 1. The molecule has 0 saturated heterocycles. The number of hydrogen-bond acceptors (Lipinski definition) is 6. The highest BCUT2D eigenvalue weighted by Crippen LogP contribution is 2.44. The van der Waals surface area contributed by atoms with Crippen LogP contribution in [0.4, 0.5) is 0 Å². The minimum atomic E-state index is -0.354. The monoisotopic (exact) mass is 572 g/mol. The fourth-order valence-electron chi connectivity index (χ4n) is 3.81. The lowest BCUT2D eigenvalue weighted by molar-refractivity contribution is -0.155. The predicted octanol–water partition coefficient (Wildman–Crippen LogP) is 7.47. The van der Waals surface area contributed by atoms with Crippen LogP contribution >= 0.6 is 15.9 Å². The smallest absolute Gasteiger partial charge is 0.308 e. The zero-order valence-electron chi connectivity index (χ0n) is 22.5. The van der Waals surface area contributed by atoms with Crippen LogP contribution in [-0.4, -0.2) is 37.4 Å². The van der Waals surface area contributed by atoms with Crippen molar-refractivity contribution >= 4 is 49.4 Å². The second-order valence-electron chi connectivity index (χ2n) is 9.76. The Morgan fingerprint density at radius 2 is 1.14 bits per heavy atom. The molecule has 0 aliphatic rings. The van der Waals surface area contributed by atoms with E-state index in [-0.39, 0.29) is 49.2 Å². The second-order valence-corrected chi connectivity index (χ2v) is 10.7. The zero-order valence-corrected chi connectivity index (χ0v) is 24.1. The van der Waals surface area contributed by atoms with Gasteiger partial charge in [0, 0.05) is 26.0 Å². The molecular weight excluding hydrogens is 536 g/mol. The Morgan fingerprint density at radius 1 is 0.703 bits per heavy atom. The summed E-state index contributed by atoms with van der Waals surface area (Å²) in [7, 11) is 0. The van der Waals surface area contributed by atoms with Crippen molar-refractivity contribution in [1.29, 1.82) is 0 Å². The number of benzene rings is 3. The first kappa shape index (κ1) is 28.8. The lowest BCUT2D eigenvalue weighted by atomic mass is 10.0. The third kappa shape index (κ3) is 7.16. The summed E-state index contributed by atoms with van der Waals surface area (Å²) in [5.41, 5.74) is 0. The summed E-state index contributed by atoms with van der Waals surface area (Å²) in [6.07, 6.45) is 0.588. The van der Waals surface area contributed by atoms with Gasteiger partial charge in [-0.15, -0.1) is 0 Å². The first-order chi connectivity index (χ1) is 17.7. The maximum atomic E-state index is 12.2. The highest BCUT2D eigenvalue weighted by molar-refractivity contribution is 9.10. The number of carbonyl (C=O) groups is 2. The largest absolute Gasteiger partial charge is 0.488 e. The van der Waals surface area contributed by atoms with Gasteiger partial charge in [-0.05, 0) is 31.0 Å². The summed E-state index contributed by atoms with van der Waals surface area (Å²) in [5.74, 6) is 0.548. The van der Waals surface area contributed by atoms with Gasteiger partial charge in [0.1, 0.15) is 36.9 Å². The topological polar surface area (TPSA) is 71.1 Å². The summed E-state index contributed by atoms with van der Waals surface area (Å²) in [5, 5.41) is 3.54. The van der Waals surface area contributed by atoms with Crippen molar-refractivity contribution in [1.82, 2.24) is 0 Å². The van der Waals surface area contributed by atoms with E-state index in [0.29, 0.717) is 24.3 Å². The van der Waals surface area contributed by atoms with Gasteiger partial charge in [0.05, 0.1) is 11.8 Å². The maximum Gasteiger partial charge on any atom is 0.308 e. The Hall–Kier alpha value is -2.80. The summed E-state index contributed by atoms with van der Waals surface area (Å²) in [6.45, 7) is 11.7. The highest BCUT2D eigenvalue weighted by atomic mass is 79.9. The quantitative estimate of drug-likeness (QED) is 0.165. The van der Waals surface area contributed by atoms with Gasteiger partial charge < -0.3 is 18.9 Å². The van der Waals surface area contributed by atoms with Gasteiger partial charge in [0.2, 0.25) is 0 Å². The van der Waals surface area contributed by atoms with Gasteiger partial charge in [-0.3, -0.25) is 9.59 Å². The van der Waals surface area contributed by atoms with E-state index >= 15 is 0 Å². The first-order valence-electron chi connectivity index (χ1n) is 13.0. The third-order valence-corrected chi connectivity index (χ3v) is 6.63. The molecule has 200 valence electrons. The van der Waals surface area contributed by atoms with E-state index in [9.17, 15) is 9.59 Å². The van der Waals surface area contributed by atoms with Crippen molar-refractivity contribution in [3.8, 4) is 11.5 Å². The first-order valence-corrected chi connectivity index (χ1v) is 13.8. The molecule has 2 atom stereocenters. The van der Waals surface area contributed by atoms with Gasteiger partial charge in [-0.1, -0.05) is 81.7 Å². The Morgan fingerprint density at radius 3 is 1.57 bits per heavy atom. The summed E-state index contributed by atoms with van der Waals surface area (Å²) in [4.78, 5) is 24.3. The summed E-state index contributed by atoms with van der Waals surface area (Å²) >= 11 is 3.59. The van der Waals surface area contributed by atoms with Gasteiger partial charge in [0.25, 0.3) is 0 Å². The van der Waals surface area contributed by atoms with Crippen LogP contribution in [0.2, 0.25) is 0 Å². The standard InChI is InChI=1S/C30H37BrO6/c1-7-21(36-29(32)18(3)4)16-34-27-23-11-9-10-12-24(23)28(26-15-20(31)13-14-25(26)27)35-17-22(8-2)37-30(33)19(5)6/h9-15,18-19,21-22H,7-8,16-17H2,1-6H3. The van der Waals surface area contributed by atoms with Crippen LogP contribution in [0, 0.1) is 11.8 Å². The van der Waals surface area contributed by atoms with Crippen molar-refractivity contribution in [2.24, 2.45) is 11.8 Å². The van der Waals surface area contributed by atoms with Crippen molar-refractivity contribution in [2.75, 3.05) is 13.2 Å². The molecule has 3 aromatic carbocycles. The van der Waals surface area contributed by atoms with E-state index in [1.165, 1.54) is 0 Å². The molecule has 0 saturated carbocycles. The molecule has 0 N–H and O–H groups in total. The lowest BCUT2D eigenvalue weighted by Gasteiger charge is -2.23. The molecule has 3 rings (SSSR count). The Bertz CT molecular complexity index is 1240. The molecule has 0 fully saturated rings. The molecule has 0 bridgehead atoms. The van der Waals surface area contributed by atoms with Crippen LogP contribution in [0.1, 0.15) is 54.4 Å². The van der Waals surface area contributed by atoms with Gasteiger partial charge in [0.15, 0.2) is 0 Å². The molecule has 0 spiro atoms. The van der Waals surface area contributed by atoms with Crippen molar-refractivity contribution < 1.29 is 28.5 Å². The Labute approximate surface area is 227 Å². The highest BCUT2D eigenvalue weighted by Gasteiger charge is 2.22.